The molecule has 0 fully saturated rings. The molecule has 0 saturated carbocycles. The third-order valence-electron chi connectivity index (χ3n) is 2.25. The molecule has 0 amide bonds. The Morgan fingerprint density at radius 1 is 1.41 bits per heavy atom. The van der Waals surface area contributed by atoms with Gasteiger partial charge in [-0.05, 0) is 24.1 Å². The van der Waals surface area contributed by atoms with Gasteiger partial charge < -0.3 is 5.11 Å². The van der Waals surface area contributed by atoms with Gasteiger partial charge in [0.1, 0.15) is 5.82 Å². The molecule has 0 radical (unpaired) electrons. The summed E-state index contributed by atoms with van der Waals surface area (Å²) in [6, 6.07) is 4.15. The Morgan fingerprint density at radius 3 is 2.71 bits per heavy atom. The average Bonchev–Trinajstić information content (AvgIpc) is 2.28. The highest BCUT2D eigenvalue weighted by atomic mass is 32.2. The summed E-state index contributed by atoms with van der Waals surface area (Å²) < 4.78 is 38.3. The van der Waals surface area contributed by atoms with Crippen molar-refractivity contribution >= 4 is 10.0 Å². The van der Waals surface area contributed by atoms with E-state index in [0.717, 1.165) is 0 Å². The quantitative estimate of drug-likeness (QED) is 0.807. The first-order valence-electron chi connectivity index (χ1n) is 5.34. The average molecular weight is 261 g/mol. The largest absolute Gasteiger partial charge is 0.392 e. The number of hydrogen-bond donors (Lipinski definition) is 2. The standard InChI is InChI=1S/C11H16FNO3S/c1-2-5-17(15,16)13-7-9-3-4-11(12)10(6-9)8-14/h3-4,6,13-14H,2,5,7-8H2,1H3. The molecule has 0 aliphatic carbocycles. The summed E-state index contributed by atoms with van der Waals surface area (Å²) in [5.74, 6) is -0.422. The van der Waals surface area contributed by atoms with E-state index in [2.05, 4.69) is 4.72 Å². The topological polar surface area (TPSA) is 66.4 Å². The number of halogens is 1. The molecule has 17 heavy (non-hydrogen) atoms. The number of rotatable bonds is 6. The molecule has 0 bridgehead atoms. The van der Waals surface area contributed by atoms with Gasteiger partial charge in [-0.3, -0.25) is 0 Å². The fourth-order valence-electron chi connectivity index (χ4n) is 1.39. The van der Waals surface area contributed by atoms with Gasteiger partial charge in [0.2, 0.25) is 10.0 Å². The highest BCUT2D eigenvalue weighted by molar-refractivity contribution is 7.89. The van der Waals surface area contributed by atoms with Gasteiger partial charge in [0.15, 0.2) is 0 Å². The van der Waals surface area contributed by atoms with Crippen LogP contribution in [-0.4, -0.2) is 19.3 Å². The van der Waals surface area contributed by atoms with Crippen LogP contribution in [0.3, 0.4) is 0 Å². The van der Waals surface area contributed by atoms with Crippen LogP contribution in [0.4, 0.5) is 4.39 Å². The maximum atomic E-state index is 13.1. The minimum atomic E-state index is -3.27. The molecule has 1 aromatic rings. The molecule has 6 heteroatoms. The maximum absolute atomic E-state index is 13.1. The van der Waals surface area contributed by atoms with Crippen LogP contribution in [0, 0.1) is 5.82 Å². The molecular weight excluding hydrogens is 245 g/mol. The SMILES string of the molecule is CCCS(=O)(=O)NCc1ccc(F)c(CO)c1. The highest BCUT2D eigenvalue weighted by Gasteiger charge is 2.09. The Morgan fingerprint density at radius 2 is 2.12 bits per heavy atom. The Balaban J connectivity index is 2.70. The van der Waals surface area contributed by atoms with Gasteiger partial charge in [-0.2, -0.15) is 0 Å². The van der Waals surface area contributed by atoms with Crippen molar-refractivity contribution in [2.75, 3.05) is 5.75 Å². The molecule has 0 aromatic heterocycles. The van der Waals surface area contributed by atoms with E-state index >= 15 is 0 Å². The molecule has 0 spiro atoms. The minimum absolute atomic E-state index is 0.0705. The second kappa shape index (κ2) is 6.09. The van der Waals surface area contributed by atoms with E-state index in [1.165, 1.54) is 18.2 Å². The van der Waals surface area contributed by atoms with Crippen LogP contribution in [0.25, 0.3) is 0 Å². The van der Waals surface area contributed by atoms with E-state index in [1.54, 1.807) is 6.92 Å². The predicted octanol–water partition coefficient (Wildman–Crippen LogP) is 1.15. The molecule has 0 aliphatic heterocycles. The normalized spacial score (nSPS) is 11.7. The summed E-state index contributed by atoms with van der Waals surface area (Å²) >= 11 is 0. The lowest BCUT2D eigenvalue weighted by Crippen LogP contribution is -2.25. The van der Waals surface area contributed by atoms with Crippen LogP contribution < -0.4 is 4.72 Å². The van der Waals surface area contributed by atoms with Crippen LogP contribution >= 0.6 is 0 Å². The number of hydrogen-bond acceptors (Lipinski definition) is 3. The zero-order valence-electron chi connectivity index (χ0n) is 9.61. The smallest absolute Gasteiger partial charge is 0.211 e. The third kappa shape index (κ3) is 4.41. The van der Waals surface area contributed by atoms with Crippen molar-refractivity contribution in [3.05, 3.63) is 35.1 Å². The summed E-state index contributed by atoms with van der Waals surface area (Å²) in [7, 11) is -3.27. The van der Waals surface area contributed by atoms with Crippen molar-refractivity contribution in [3.63, 3.8) is 0 Å². The van der Waals surface area contributed by atoms with E-state index in [0.29, 0.717) is 12.0 Å². The molecule has 1 rings (SSSR count). The van der Waals surface area contributed by atoms with Crippen LogP contribution in [0.2, 0.25) is 0 Å². The van der Waals surface area contributed by atoms with Crippen LogP contribution in [0.1, 0.15) is 24.5 Å². The second-order valence-electron chi connectivity index (χ2n) is 3.72. The van der Waals surface area contributed by atoms with Gasteiger partial charge in [-0.15, -0.1) is 0 Å². The summed E-state index contributed by atoms with van der Waals surface area (Å²) in [6.45, 7) is 1.48. The van der Waals surface area contributed by atoms with E-state index in [9.17, 15) is 12.8 Å². The maximum Gasteiger partial charge on any atom is 0.211 e. The predicted molar refractivity (Wildman–Crippen MR) is 63.2 cm³/mol. The third-order valence-corrected chi connectivity index (χ3v) is 3.78. The first-order chi connectivity index (χ1) is 7.98. The van der Waals surface area contributed by atoms with Gasteiger partial charge in [-0.1, -0.05) is 13.0 Å². The van der Waals surface area contributed by atoms with Crippen molar-refractivity contribution in [1.29, 1.82) is 0 Å². The number of benzene rings is 1. The lowest BCUT2D eigenvalue weighted by Gasteiger charge is -2.07. The summed E-state index contributed by atoms with van der Waals surface area (Å²) in [5.41, 5.74) is 0.785. The monoisotopic (exact) mass is 261 g/mol. The van der Waals surface area contributed by atoms with E-state index in [-0.39, 0.29) is 17.9 Å². The van der Waals surface area contributed by atoms with Crippen molar-refractivity contribution < 1.29 is 17.9 Å². The first-order valence-corrected chi connectivity index (χ1v) is 6.99. The molecule has 0 aliphatic rings. The molecule has 1 aromatic carbocycles. The van der Waals surface area contributed by atoms with Crippen LogP contribution in [-0.2, 0) is 23.2 Å². The van der Waals surface area contributed by atoms with Crippen molar-refractivity contribution in [1.82, 2.24) is 4.72 Å². The fourth-order valence-corrected chi connectivity index (χ4v) is 2.46. The molecule has 96 valence electrons. The number of sulfonamides is 1. The van der Waals surface area contributed by atoms with E-state index < -0.39 is 22.4 Å². The minimum Gasteiger partial charge on any atom is -0.392 e. The molecule has 0 saturated heterocycles. The van der Waals surface area contributed by atoms with Gasteiger partial charge in [0.25, 0.3) is 0 Å². The lowest BCUT2D eigenvalue weighted by molar-refractivity contribution is 0.275. The molecule has 0 atom stereocenters. The zero-order valence-corrected chi connectivity index (χ0v) is 10.4. The van der Waals surface area contributed by atoms with Crippen molar-refractivity contribution in [2.24, 2.45) is 0 Å². The molecule has 4 nitrogen and oxygen atoms in total. The fraction of sp³-hybridized carbons (Fsp3) is 0.455. The Hall–Kier alpha value is -0.980. The van der Waals surface area contributed by atoms with Gasteiger partial charge >= 0.3 is 0 Å². The summed E-state index contributed by atoms with van der Waals surface area (Å²) in [4.78, 5) is 0. The lowest BCUT2D eigenvalue weighted by atomic mass is 10.1. The Bertz CT molecular complexity index is 474. The Kier molecular flexibility index (Phi) is 5.04. The summed E-state index contributed by atoms with van der Waals surface area (Å²) in [6.07, 6.45) is 0.542. The number of aliphatic hydroxyl groups excluding tert-OH is 1. The van der Waals surface area contributed by atoms with Crippen molar-refractivity contribution in [3.8, 4) is 0 Å². The van der Waals surface area contributed by atoms with E-state index in [1.807, 2.05) is 0 Å². The van der Waals surface area contributed by atoms with Crippen LogP contribution in [0.5, 0.6) is 0 Å². The van der Waals surface area contributed by atoms with Gasteiger partial charge in [0, 0.05) is 12.1 Å². The first kappa shape index (κ1) is 14.1. The highest BCUT2D eigenvalue weighted by Crippen LogP contribution is 2.10. The Labute approximate surface area is 101 Å². The van der Waals surface area contributed by atoms with Crippen molar-refractivity contribution in [2.45, 2.75) is 26.5 Å². The van der Waals surface area contributed by atoms with E-state index in [4.69, 9.17) is 5.11 Å². The van der Waals surface area contributed by atoms with Crippen LogP contribution in [0.15, 0.2) is 18.2 Å². The molecule has 0 heterocycles. The molecule has 2 N–H and O–H groups in total. The summed E-state index contributed by atoms with van der Waals surface area (Å²) in [5, 5.41) is 8.88. The van der Waals surface area contributed by atoms with Gasteiger partial charge in [0.05, 0.1) is 12.4 Å². The second-order valence-corrected chi connectivity index (χ2v) is 5.65. The molecular formula is C11H16FNO3S. The number of aliphatic hydroxyl groups is 1. The molecule has 0 unspecified atom stereocenters. The van der Waals surface area contributed by atoms with Gasteiger partial charge in [-0.25, -0.2) is 17.5 Å². The number of nitrogens with one attached hydrogen (secondary N) is 1. The zero-order chi connectivity index (χ0) is 12.9.